The van der Waals surface area contributed by atoms with Gasteiger partial charge in [0, 0.05) is 6.07 Å². The van der Waals surface area contributed by atoms with Crippen molar-refractivity contribution in [1.29, 1.82) is 0 Å². The fraction of sp³-hybridized carbons (Fsp3) is 0.182. The fourth-order valence-corrected chi connectivity index (χ4v) is 1.61. The van der Waals surface area contributed by atoms with Crippen LogP contribution in [0.4, 0.5) is 5.69 Å². The zero-order chi connectivity index (χ0) is 11.9. The van der Waals surface area contributed by atoms with Crippen molar-refractivity contribution in [3.05, 3.63) is 23.5 Å². The van der Waals surface area contributed by atoms with Crippen LogP contribution in [0, 0.1) is 6.92 Å². The molecule has 5 nitrogen and oxygen atoms in total. The van der Waals surface area contributed by atoms with Crippen LogP contribution in [-0.2, 0) is 0 Å². The van der Waals surface area contributed by atoms with Crippen molar-refractivity contribution in [2.45, 2.75) is 6.92 Å². The molecule has 0 atom stereocenters. The molecule has 5 heteroatoms. The van der Waals surface area contributed by atoms with Crippen LogP contribution in [0.2, 0.25) is 0 Å². The molecule has 0 unspecified atom stereocenters. The van der Waals surface area contributed by atoms with Crippen LogP contribution in [0.15, 0.2) is 16.5 Å². The number of carboxylic acid groups (broad SMARTS) is 1. The number of anilines is 1. The van der Waals surface area contributed by atoms with Gasteiger partial charge in [0.25, 0.3) is 0 Å². The van der Waals surface area contributed by atoms with Crippen molar-refractivity contribution in [2.24, 2.45) is 0 Å². The predicted molar refractivity (Wildman–Crippen MR) is 58.9 cm³/mol. The highest BCUT2D eigenvalue weighted by Crippen LogP contribution is 2.36. The Morgan fingerprint density at radius 2 is 2.19 bits per heavy atom. The van der Waals surface area contributed by atoms with Gasteiger partial charge in [-0.3, -0.25) is 0 Å². The molecule has 0 aliphatic heterocycles. The van der Waals surface area contributed by atoms with Crippen molar-refractivity contribution < 1.29 is 19.1 Å². The van der Waals surface area contributed by atoms with Gasteiger partial charge < -0.3 is 20.0 Å². The Morgan fingerprint density at radius 3 is 2.75 bits per heavy atom. The largest absolute Gasteiger partial charge is 0.494 e. The molecule has 1 aromatic carbocycles. The van der Waals surface area contributed by atoms with Crippen molar-refractivity contribution in [2.75, 3.05) is 12.8 Å². The molecule has 0 aliphatic carbocycles. The summed E-state index contributed by atoms with van der Waals surface area (Å²) in [5.41, 5.74) is 7.57. The number of nitrogens with two attached hydrogens (primary N) is 1. The van der Waals surface area contributed by atoms with Gasteiger partial charge >= 0.3 is 5.97 Å². The highest BCUT2D eigenvalue weighted by molar-refractivity contribution is 5.97. The quantitative estimate of drug-likeness (QED) is 0.758. The molecule has 0 spiro atoms. The van der Waals surface area contributed by atoms with Gasteiger partial charge in [-0.25, -0.2) is 4.79 Å². The van der Waals surface area contributed by atoms with Gasteiger partial charge in [-0.15, -0.1) is 0 Å². The molecule has 0 saturated carbocycles. The lowest BCUT2D eigenvalue weighted by molar-refractivity contribution is 0.0665. The Morgan fingerprint density at radius 1 is 1.50 bits per heavy atom. The van der Waals surface area contributed by atoms with E-state index >= 15 is 0 Å². The summed E-state index contributed by atoms with van der Waals surface area (Å²) in [5.74, 6) is -0.793. The monoisotopic (exact) mass is 221 g/mol. The van der Waals surface area contributed by atoms with Crippen molar-refractivity contribution in [3.63, 3.8) is 0 Å². The van der Waals surface area contributed by atoms with E-state index in [1.54, 1.807) is 13.0 Å². The second kappa shape index (κ2) is 3.44. The molecular formula is C11H11NO4. The fourth-order valence-electron chi connectivity index (χ4n) is 1.61. The van der Waals surface area contributed by atoms with E-state index in [2.05, 4.69) is 0 Å². The molecule has 0 amide bonds. The molecule has 0 fully saturated rings. The number of aromatic carboxylic acids is 1. The summed E-state index contributed by atoms with van der Waals surface area (Å²) in [6.07, 6.45) is 0. The van der Waals surface area contributed by atoms with Crippen molar-refractivity contribution >= 4 is 22.6 Å². The van der Waals surface area contributed by atoms with Crippen LogP contribution in [0.1, 0.15) is 16.1 Å². The van der Waals surface area contributed by atoms with Crippen LogP contribution in [-0.4, -0.2) is 18.2 Å². The first-order valence-electron chi connectivity index (χ1n) is 4.64. The number of hydrogen-bond donors (Lipinski definition) is 2. The van der Waals surface area contributed by atoms with Crippen LogP contribution in [0.5, 0.6) is 5.75 Å². The minimum atomic E-state index is -1.12. The summed E-state index contributed by atoms with van der Waals surface area (Å²) >= 11 is 0. The lowest BCUT2D eigenvalue weighted by atomic mass is 10.1. The minimum Gasteiger partial charge on any atom is -0.494 e. The van der Waals surface area contributed by atoms with E-state index in [0.717, 1.165) is 5.56 Å². The molecule has 0 radical (unpaired) electrons. The number of ether oxygens (including phenoxy) is 1. The third kappa shape index (κ3) is 1.37. The van der Waals surface area contributed by atoms with Crippen molar-refractivity contribution in [1.82, 2.24) is 0 Å². The maximum atomic E-state index is 10.8. The lowest BCUT2D eigenvalue weighted by Crippen LogP contribution is -1.95. The molecule has 2 aromatic rings. The third-order valence-corrected chi connectivity index (χ3v) is 2.44. The van der Waals surface area contributed by atoms with Crippen LogP contribution >= 0.6 is 0 Å². The maximum Gasteiger partial charge on any atom is 0.371 e. The molecular weight excluding hydrogens is 210 g/mol. The van der Waals surface area contributed by atoms with E-state index in [4.69, 9.17) is 20.0 Å². The van der Waals surface area contributed by atoms with Gasteiger partial charge in [-0.05, 0) is 18.6 Å². The van der Waals surface area contributed by atoms with Gasteiger partial charge in [0.1, 0.15) is 5.58 Å². The minimum absolute atomic E-state index is 0.127. The number of aryl methyl sites for hydroxylation is 1. The summed E-state index contributed by atoms with van der Waals surface area (Å²) < 4.78 is 10.3. The Hall–Kier alpha value is -2.17. The number of carboxylic acids is 1. The number of hydrogen-bond acceptors (Lipinski definition) is 4. The zero-order valence-corrected chi connectivity index (χ0v) is 8.90. The Labute approximate surface area is 91.4 Å². The van der Waals surface area contributed by atoms with Crippen LogP contribution < -0.4 is 10.5 Å². The molecule has 0 bridgehead atoms. The average Bonchev–Trinajstić information content (AvgIpc) is 2.63. The van der Waals surface area contributed by atoms with Crippen LogP contribution in [0.3, 0.4) is 0 Å². The highest BCUT2D eigenvalue weighted by atomic mass is 16.5. The number of fused-ring (bicyclic) bond motifs is 1. The van der Waals surface area contributed by atoms with Gasteiger partial charge in [0.15, 0.2) is 5.75 Å². The van der Waals surface area contributed by atoms with E-state index in [1.807, 2.05) is 0 Å². The summed E-state index contributed by atoms with van der Waals surface area (Å²) in [7, 11) is 1.48. The lowest BCUT2D eigenvalue weighted by Gasteiger charge is -2.07. The number of furan rings is 1. The molecule has 0 saturated heterocycles. The van der Waals surface area contributed by atoms with E-state index in [0.29, 0.717) is 22.4 Å². The first kappa shape index (κ1) is 10.4. The standard InChI is InChI=1S/C11H11NO4/c1-5-3-7-6(10(15-2)9(5)12)4-8(16-7)11(13)14/h3-4H,12H2,1-2H3,(H,13,14). The number of carbonyl (C=O) groups is 1. The SMILES string of the molecule is COc1c(N)c(C)cc2oc(C(=O)O)cc12. The summed E-state index contributed by atoms with van der Waals surface area (Å²) in [6, 6.07) is 3.10. The molecule has 3 N–H and O–H groups in total. The predicted octanol–water partition coefficient (Wildman–Crippen LogP) is 2.03. The normalized spacial score (nSPS) is 10.6. The Bertz CT molecular complexity index is 571. The van der Waals surface area contributed by atoms with E-state index in [1.165, 1.54) is 13.2 Å². The van der Waals surface area contributed by atoms with Gasteiger partial charge in [-0.2, -0.15) is 0 Å². The summed E-state index contributed by atoms with van der Waals surface area (Å²) in [6.45, 7) is 1.81. The molecule has 0 aliphatic rings. The second-order valence-electron chi connectivity index (χ2n) is 3.47. The molecule has 1 aromatic heterocycles. The Balaban J connectivity index is 2.81. The second-order valence-corrected chi connectivity index (χ2v) is 3.47. The average molecular weight is 221 g/mol. The number of rotatable bonds is 2. The van der Waals surface area contributed by atoms with Gasteiger partial charge in [0.05, 0.1) is 18.2 Å². The molecule has 1 heterocycles. The Kier molecular flexibility index (Phi) is 2.23. The zero-order valence-electron chi connectivity index (χ0n) is 8.90. The molecule has 16 heavy (non-hydrogen) atoms. The van der Waals surface area contributed by atoms with Crippen molar-refractivity contribution in [3.8, 4) is 5.75 Å². The molecule has 84 valence electrons. The van der Waals surface area contributed by atoms with Gasteiger partial charge in [0.2, 0.25) is 5.76 Å². The smallest absolute Gasteiger partial charge is 0.371 e. The highest BCUT2D eigenvalue weighted by Gasteiger charge is 2.16. The number of benzene rings is 1. The molecule has 2 rings (SSSR count). The number of nitrogen functional groups attached to an aromatic ring is 1. The van der Waals surface area contributed by atoms with Crippen LogP contribution in [0.25, 0.3) is 11.0 Å². The first-order valence-corrected chi connectivity index (χ1v) is 4.64. The van der Waals surface area contributed by atoms with E-state index in [9.17, 15) is 4.79 Å². The number of methoxy groups -OCH3 is 1. The topological polar surface area (TPSA) is 85.7 Å². The first-order chi connectivity index (χ1) is 7.54. The van der Waals surface area contributed by atoms with Gasteiger partial charge in [-0.1, -0.05) is 0 Å². The summed E-state index contributed by atoms with van der Waals surface area (Å²) in [5, 5.41) is 9.39. The maximum absolute atomic E-state index is 10.8. The van der Waals surface area contributed by atoms with E-state index in [-0.39, 0.29) is 5.76 Å². The summed E-state index contributed by atoms with van der Waals surface area (Å²) in [4.78, 5) is 10.8. The third-order valence-electron chi connectivity index (χ3n) is 2.44. The van der Waals surface area contributed by atoms with E-state index < -0.39 is 5.97 Å².